The summed E-state index contributed by atoms with van der Waals surface area (Å²) in [6.45, 7) is -0.0909. The number of aliphatic carboxylic acids is 1. The maximum Gasteiger partial charge on any atom is 0.322 e. The van der Waals surface area contributed by atoms with Crippen LogP contribution in [0.15, 0.2) is 0 Å². The maximum atomic E-state index is 10.3. The number of rotatable bonds is 3. The highest BCUT2D eigenvalue weighted by molar-refractivity contribution is 5.71. The largest absolute Gasteiger partial charge is 0.480 e. The fraction of sp³-hybridized carbons (Fsp3) is 0.556. The number of nitrogens with zero attached hydrogens (tertiary/aromatic N) is 1. The summed E-state index contributed by atoms with van der Waals surface area (Å²) in [4.78, 5) is 17.7. The second-order valence-corrected chi connectivity index (χ2v) is 3.47. The van der Waals surface area contributed by atoms with E-state index in [1.807, 2.05) is 0 Å². The number of carbonyl (C=O) groups is 1. The van der Waals surface area contributed by atoms with Gasteiger partial charge in [-0.2, -0.15) is 0 Å². The van der Waals surface area contributed by atoms with Gasteiger partial charge in [0, 0.05) is 5.69 Å². The van der Waals surface area contributed by atoms with Gasteiger partial charge in [0.1, 0.15) is 6.54 Å². The molecule has 5 heteroatoms. The van der Waals surface area contributed by atoms with Gasteiger partial charge in [0.2, 0.25) is 5.95 Å². The molecule has 0 saturated carbocycles. The molecular weight excluding hydrogens is 182 g/mol. The average Bonchev–Trinajstić information content (AvgIpc) is 2.57. The number of aromatic nitrogens is 2. The molecule has 1 aromatic rings. The Morgan fingerprint density at radius 2 is 2.29 bits per heavy atom. The number of aryl methyl sites for hydroxylation is 2. The molecule has 2 rings (SSSR count). The highest BCUT2D eigenvalue weighted by Gasteiger charge is 2.14. The Hall–Kier alpha value is -1.52. The molecule has 0 fully saturated rings. The number of aromatic amines is 1. The second-order valence-electron chi connectivity index (χ2n) is 3.47. The first-order valence-electron chi connectivity index (χ1n) is 4.79. The van der Waals surface area contributed by atoms with Crippen molar-refractivity contribution in [2.24, 2.45) is 0 Å². The maximum absolute atomic E-state index is 10.3. The van der Waals surface area contributed by atoms with E-state index in [0.717, 1.165) is 24.2 Å². The summed E-state index contributed by atoms with van der Waals surface area (Å²) in [6.07, 6.45) is 4.39. The number of hydrogen-bond acceptors (Lipinski definition) is 3. The monoisotopic (exact) mass is 195 g/mol. The first kappa shape index (κ1) is 9.05. The van der Waals surface area contributed by atoms with Crippen LogP contribution < -0.4 is 5.32 Å². The Morgan fingerprint density at radius 1 is 1.50 bits per heavy atom. The number of H-pyrrole nitrogens is 1. The third kappa shape index (κ3) is 1.86. The minimum Gasteiger partial charge on any atom is -0.480 e. The van der Waals surface area contributed by atoms with Crippen LogP contribution in [0, 0.1) is 0 Å². The van der Waals surface area contributed by atoms with E-state index in [1.54, 1.807) is 0 Å². The summed E-state index contributed by atoms with van der Waals surface area (Å²) in [5, 5.41) is 11.2. The van der Waals surface area contributed by atoms with E-state index in [1.165, 1.54) is 12.8 Å². The van der Waals surface area contributed by atoms with Gasteiger partial charge in [-0.1, -0.05) is 0 Å². The Labute approximate surface area is 81.5 Å². The molecule has 0 aromatic carbocycles. The molecule has 1 aliphatic carbocycles. The Balaban J connectivity index is 2.04. The fourth-order valence-electron chi connectivity index (χ4n) is 1.70. The van der Waals surface area contributed by atoms with Crippen molar-refractivity contribution in [3.05, 3.63) is 11.4 Å². The molecule has 0 radical (unpaired) electrons. The highest BCUT2D eigenvalue weighted by Crippen LogP contribution is 2.20. The molecule has 0 spiro atoms. The summed E-state index contributed by atoms with van der Waals surface area (Å²) in [5.41, 5.74) is 2.24. The topological polar surface area (TPSA) is 78.0 Å². The quantitative estimate of drug-likeness (QED) is 0.666. The molecule has 0 aliphatic heterocycles. The van der Waals surface area contributed by atoms with Gasteiger partial charge in [0.05, 0.1) is 5.69 Å². The molecule has 0 unspecified atom stereocenters. The van der Waals surface area contributed by atoms with Gasteiger partial charge in [-0.15, -0.1) is 0 Å². The van der Waals surface area contributed by atoms with Crippen LogP contribution in [0.25, 0.3) is 0 Å². The van der Waals surface area contributed by atoms with Crippen molar-refractivity contribution in [1.29, 1.82) is 0 Å². The van der Waals surface area contributed by atoms with E-state index in [2.05, 4.69) is 15.3 Å². The zero-order chi connectivity index (χ0) is 9.97. The molecule has 3 N–H and O–H groups in total. The smallest absolute Gasteiger partial charge is 0.322 e. The number of carboxylic acids is 1. The van der Waals surface area contributed by atoms with Crippen LogP contribution in [0.1, 0.15) is 24.2 Å². The van der Waals surface area contributed by atoms with Crippen molar-refractivity contribution in [3.8, 4) is 0 Å². The number of anilines is 1. The number of imidazole rings is 1. The van der Waals surface area contributed by atoms with Gasteiger partial charge in [-0.25, -0.2) is 4.98 Å². The van der Waals surface area contributed by atoms with E-state index < -0.39 is 5.97 Å². The third-order valence-corrected chi connectivity index (χ3v) is 2.36. The molecule has 1 aliphatic rings. The van der Waals surface area contributed by atoms with Crippen LogP contribution in [0.4, 0.5) is 5.95 Å². The van der Waals surface area contributed by atoms with Gasteiger partial charge in [-0.3, -0.25) is 4.79 Å². The first-order valence-corrected chi connectivity index (χ1v) is 4.79. The van der Waals surface area contributed by atoms with Gasteiger partial charge in [0.15, 0.2) is 0 Å². The van der Waals surface area contributed by atoms with Gasteiger partial charge in [0.25, 0.3) is 0 Å². The lowest BCUT2D eigenvalue weighted by molar-refractivity contribution is -0.134. The lowest BCUT2D eigenvalue weighted by Gasteiger charge is -2.07. The lowest BCUT2D eigenvalue weighted by atomic mass is 10.0. The second kappa shape index (κ2) is 3.69. The zero-order valence-electron chi connectivity index (χ0n) is 7.84. The van der Waals surface area contributed by atoms with E-state index in [4.69, 9.17) is 5.11 Å². The van der Waals surface area contributed by atoms with Crippen LogP contribution in [0.3, 0.4) is 0 Å². The minimum atomic E-state index is -0.876. The Kier molecular flexibility index (Phi) is 2.39. The molecule has 1 heterocycles. The Bertz CT molecular complexity index is 322. The van der Waals surface area contributed by atoms with Crippen LogP contribution in [-0.2, 0) is 17.6 Å². The van der Waals surface area contributed by atoms with E-state index in [-0.39, 0.29) is 6.54 Å². The molecule has 0 saturated heterocycles. The molecule has 1 aromatic heterocycles. The van der Waals surface area contributed by atoms with Crippen molar-refractivity contribution < 1.29 is 9.90 Å². The summed E-state index contributed by atoms with van der Waals surface area (Å²) in [5.74, 6) is -0.293. The zero-order valence-corrected chi connectivity index (χ0v) is 7.84. The van der Waals surface area contributed by atoms with Gasteiger partial charge < -0.3 is 15.4 Å². The molecule has 0 bridgehead atoms. The molecule has 14 heavy (non-hydrogen) atoms. The number of hydrogen-bond donors (Lipinski definition) is 3. The average molecular weight is 195 g/mol. The van der Waals surface area contributed by atoms with Crippen LogP contribution in [0.5, 0.6) is 0 Å². The number of fused-ring (bicyclic) bond motifs is 1. The van der Waals surface area contributed by atoms with E-state index in [0.29, 0.717) is 5.95 Å². The summed E-state index contributed by atoms with van der Waals surface area (Å²) >= 11 is 0. The van der Waals surface area contributed by atoms with Crippen LogP contribution >= 0.6 is 0 Å². The highest BCUT2D eigenvalue weighted by atomic mass is 16.4. The predicted molar refractivity (Wildman–Crippen MR) is 51.4 cm³/mol. The minimum absolute atomic E-state index is 0.0909. The molecule has 76 valence electrons. The SMILES string of the molecule is O=C(O)CNc1nc2c([nH]1)CCCC2. The number of carboxylic acid groups (broad SMARTS) is 1. The van der Waals surface area contributed by atoms with Gasteiger partial charge >= 0.3 is 5.97 Å². The van der Waals surface area contributed by atoms with Crippen molar-refractivity contribution in [2.75, 3.05) is 11.9 Å². The summed E-state index contributed by atoms with van der Waals surface area (Å²) in [7, 11) is 0. The molecule has 0 amide bonds. The lowest BCUT2D eigenvalue weighted by Crippen LogP contribution is -2.13. The normalized spacial score (nSPS) is 14.9. The van der Waals surface area contributed by atoms with Crippen LogP contribution in [-0.4, -0.2) is 27.6 Å². The van der Waals surface area contributed by atoms with Crippen molar-refractivity contribution >= 4 is 11.9 Å². The van der Waals surface area contributed by atoms with Crippen molar-refractivity contribution in [2.45, 2.75) is 25.7 Å². The first-order chi connectivity index (χ1) is 6.75. The van der Waals surface area contributed by atoms with Crippen molar-refractivity contribution in [3.63, 3.8) is 0 Å². The standard InChI is InChI=1S/C9H13N3O2/c13-8(14)5-10-9-11-6-3-1-2-4-7(6)12-9/h1-5H2,(H,13,14)(H2,10,11,12). The third-order valence-electron chi connectivity index (χ3n) is 2.36. The predicted octanol–water partition coefficient (Wildman–Crippen LogP) is 0.785. The summed E-state index contributed by atoms with van der Waals surface area (Å²) < 4.78 is 0. The molecule has 0 atom stereocenters. The van der Waals surface area contributed by atoms with Crippen LogP contribution in [0.2, 0.25) is 0 Å². The molecular formula is C9H13N3O2. The molecule has 5 nitrogen and oxygen atoms in total. The van der Waals surface area contributed by atoms with Crippen molar-refractivity contribution in [1.82, 2.24) is 9.97 Å². The van der Waals surface area contributed by atoms with Gasteiger partial charge in [-0.05, 0) is 25.7 Å². The number of nitrogens with one attached hydrogen (secondary N) is 2. The fourth-order valence-corrected chi connectivity index (χ4v) is 1.70. The summed E-state index contributed by atoms with van der Waals surface area (Å²) in [6, 6.07) is 0. The van der Waals surface area contributed by atoms with E-state index in [9.17, 15) is 4.79 Å². The van der Waals surface area contributed by atoms with E-state index >= 15 is 0 Å². The Morgan fingerprint density at radius 3 is 3.00 bits per heavy atom.